The highest BCUT2D eigenvalue weighted by Gasteiger charge is 2.52. The zero-order valence-corrected chi connectivity index (χ0v) is 13.3. The second kappa shape index (κ2) is 4.81. The van der Waals surface area contributed by atoms with Crippen molar-refractivity contribution in [3.05, 3.63) is 29.8 Å². The minimum absolute atomic E-state index is 0.221. The third kappa shape index (κ3) is 2.35. The molecule has 0 aliphatic heterocycles. The average Bonchev–Trinajstić information content (AvgIpc) is 2.44. The van der Waals surface area contributed by atoms with Crippen molar-refractivity contribution in [1.82, 2.24) is 4.72 Å². The van der Waals surface area contributed by atoms with Gasteiger partial charge in [0.05, 0.1) is 16.5 Å². The summed E-state index contributed by atoms with van der Waals surface area (Å²) in [5.41, 5.74) is 0.260. The summed E-state index contributed by atoms with van der Waals surface area (Å²) in [5, 5.41) is 8.83. The molecule has 0 aromatic heterocycles. The number of benzene rings is 1. The molecule has 4 bridgehead atoms. The van der Waals surface area contributed by atoms with Gasteiger partial charge in [-0.3, -0.25) is 0 Å². The van der Waals surface area contributed by atoms with Gasteiger partial charge in [-0.05, 0) is 80.5 Å². The minimum atomic E-state index is -3.51. The van der Waals surface area contributed by atoms with Crippen molar-refractivity contribution in [1.29, 1.82) is 5.26 Å². The number of sulfonamides is 1. The maximum atomic E-state index is 12.7. The smallest absolute Gasteiger partial charge is 0.207 e. The molecule has 0 heterocycles. The van der Waals surface area contributed by atoms with Crippen molar-refractivity contribution < 1.29 is 8.42 Å². The van der Waals surface area contributed by atoms with Crippen LogP contribution in [0.4, 0.5) is 0 Å². The highest BCUT2D eigenvalue weighted by molar-refractivity contribution is 7.89. The fourth-order valence-corrected chi connectivity index (χ4v) is 6.72. The van der Waals surface area contributed by atoms with E-state index in [4.69, 9.17) is 5.26 Å². The van der Waals surface area contributed by atoms with Crippen LogP contribution in [-0.4, -0.2) is 14.0 Å². The predicted molar refractivity (Wildman–Crippen MR) is 82.4 cm³/mol. The monoisotopic (exact) mass is 316 g/mol. The van der Waals surface area contributed by atoms with Gasteiger partial charge in [0.1, 0.15) is 0 Å². The normalized spacial score (nSPS) is 36.2. The molecule has 0 amide bonds. The lowest BCUT2D eigenvalue weighted by molar-refractivity contribution is -0.00810. The Hall–Kier alpha value is -1.38. The van der Waals surface area contributed by atoms with E-state index in [1.807, 2.05) is 6.07 Å². The molecule has 0 saturated heterocycles. The fourth-order valence-electron chi connectivity index (χ4n) is 5.29. The summed E-state index contributed by atoms with van der Waals surface area (Å²) in [4.78, 5) is 0.266. The second-order valence-electron chi connectivity index (χ2n) is 7.44. The highest BCUT2D eigenvalue weighted by Crippen LogP contribution is 2.55. The molecule has 22 heavy (non-hydrogen) atoms. The van der Waals surface area contributed by atoms with Gasteiger partial charge in [0.2, 0.25) is 10.0 Å². The maximum Gasteiger partial charge on any atom is 0.241 e. The van der Waals surface area contributed by atoms with Crippen LogP contribution in [0.3, 0.4) is 0 Å². The SMILES string of the molecule is N#Cc1ccc(S(=O)(=O)NC23CC4CC(CC(C4)C2)C3)cc1. The average molecular weight is 316 g/mol. The van der Waals surface area contributed by atoms with E-state index in [-0.39, 0.29) is 10.4 Å². The highest BCUT2D eigenvalue weighted by atomic mass is 32.2. The van der Waals surface area contributed by atoms with E-state index in [0.717, 1.165) is 19.3 Å². The zero-order valence-electron chi connectivity index (χ0n) is 12.5. The second-order valence-corrected chi connectivity index (χ2v) is 9.12. The first-order valence-electron chi connectivity index (χ1n) is 8.02. The minimum Gasteiger partial charge on any atom is -0.207 e. The lowest BCUT2D eigenvalue weighted by atomic mass is 9.53. The Kier molecular flexibility index (Phi) is 3.11. The Morgan fingerprint density at radius 3 is 1.95 bits per heavy atom. The Morgan fingerprint density at radius 1 is 1.00 bits per heavy atom. The molecule has 1 aromatic rings. The van der Waals surface area contributed by atoms with E-state index in [1.165, 1.54) is 31.4 Å². The van der Waals surface area contributed by atoms with Crippen molar-refractivity contribution in [3.8, 4) is 6.07 Å². The number of nitrogens with one attached hydrogen (secondary N) is 1. The summed E-state index contributed by atoms with van der Waals surface area (Å²) in [6.07, 6.45) is 6.85. The van der Waals surface area contributed by atoms with Crippen LogP contribution < -0.4 is 4.72 Å². The van der Waals surface area contributed by atoms with Crippen molar-refractivity contribution in [2.75, 3.05) is 0 Å². The van der Waals surface area contributed by atoms with Gasteiger partial charge in [0.15, 0.2) is 0 Å². The van der Waals surface area contributed by atoms with E-state index in [9.17, 15) is 8.42 Å². The summed E-state index contributed by atoms with van der Waals surface area (Å²) >= 11 is 0. The standard InChI is InChI=1S/C17H20N2O2S/c18-11-12-1-3-16(4-2-12)22(20,21)19-17-8-13-5-14(9-17)7-15(6-13)10-17/h1-4,13-15,19H,5-10H2. The molecule has 0 spiro atoms. The molecule has 1 N–H and O–H groups in total. The van der Waals surface area contributed by atoms with Crippen molar-refractivity contribution in [3.63, 3.8) is 0 Å². The molecular weight excluding hydrogens is 296 g/mol. The molecule has 4 aliphatic rings. The summed E-state index contributed by atoms with van der Waals surface area (Å²) in [7, 11) is -3.51. The van der Waals surface area contributed by atoms with Crippen LogP contribution in [0.2, 0.25) is 0 Å². The molecular formula is C17H20N2O2S. The van der Waals surface area contributed by atoms with Gasteiger partial charge < -0.3 is 0 Å². The molecule has 4 saturated carbocycles. The Bertz CT molecular complexity index is 696. The van der Waals surface area contributed by atoms with Crippen LogP contribution in [0.25, 0.3) is 0 Å². The van der Waals surface area contributed by atoms with Gasteiger partial charge in [-0.1, -0.05) is 0 Å². The molecule has 4 fully saturated rings. The van der Waals surface area contributed by atoms with Crippen molar-refractivity contribution in [2.24, 2.45) is 17.8 Å². The summed E-state index contributed by atoms with van der Waals surface area (Å²) in [6.45, 7) is 0. The van der Waals surface area contributed by atoms with Crippen LogP contribution in [-0.2, 0) is 10.0 Å². The number of hydrogen-bond donors (Lipinski definition) is 1. The lowest BCUT2D eigenvalue weighted by Crippen LogP contribution is -2.59. The van der Waals surface area contributed by atoms with E-state index >= 15 is 0 Å². The quantitative estimate of drug-likeness (QED) is 0.932. The summed E-state index contributed by atoms with van der Waals surface area (Å²) in [6, 6.07) is 8.20. The third-order valence-corrected chi connectivity index (χ3v) is 7.28. The molecule has 1 aromatic carbocycles. The molecule has 5 rings (SSSR count). The van der Waals surface area contributed by atoms with E-state index in [0.29, 0.717) is 23.3 Å². The largest absolute Gasteiger partial charge is 0.241 e. The van der Waals surface area contributed by atoms with Crippen molar-refractivity contribution in [2.45, 2.75) is 49.0 Å². The number of nitrogens with zero attached hydrogens (tertiary/aromatic N) is 1. The molecule has 4 nitrogen and oxygen atoms in total. The van der Waals surface area contributed by atoms with Gasteiger partial charge in [0.25, 0.3) is 0 Å². The first-order chi connectivity index (χ1) is 10.5. The molecule has 0 unspecified atom stereocenters. The van der Waals surface area contributed by atoms with Crippen LogP contribution >= 0.6 is 0 Å². The van der Waals surface area contributed by atoms with Gasteiger partial charge in [0, 0.05) is 5.54 Å². The van der Waals surface area contributed by atoms with E-state index < -0.39 is 10.0 Å². The van der Waals surface area contributed by atoms with Crippen LogP contribution in [0.15, 0.2) is 29.2 Å². The number of hydrogen-bond acceptors (Lipinski definition) is 3. The molecule has 0 radical (unpaired) electrons. The van der Waals surface area contributed by atoms with Gasteiger partial charge in [-0.15, -0.1) is 0 Å². The predicted octanol–water partition coefficient (Wildman–Crippen LogP) is 2.81. The third-order valence-electron chi connectivity index (χ3n) is 5.68. The van der Waals surface area contributed by atoms with Crippen LogP contribution in [0.1, 0.15) is 44.1 Å². The Morgan fingerprint density at radius 2 is 1.50 bits per heavy atom. The molecule has 116 valence electrons. The van der Waals surface area contributed by atoms with Gasteiger partial charge in [-0.2, -0.15) is 5.26 Å². The summed E-state index contributed by atoms with van der Waals surface area (Å²) < 4.78 is 28.5. The zero-order chi connectivity index (χ0) is 15.4. The van der Waals surface area contributed by atoms with Crippen LogP contribution in [0, 0.1) is 29.1 Å². The topological polar surface area (TPSA) is 70.0 Å². The van der Waals surface area contributed by atoms with Gasteiger partial charge in [-0.25, -0.2) is 13.1 Å². The van der Waals surface area contributed by atoms with Gasteiger partial charge >= 0.3 is 0 Å². The summed E-state index contributed by atoms with van der Waals surface area (Å²) in [5.74, 6) is 2.11. The van der Waals surface area contributed by atoms with Crippen LogP contribution in [0.5, 0.6) is 0 Å². The first-order valence-corrected chi connectivity index (χ1v) is 9.50. The van der Waals surface area contributed by atoms with E-state index in [1.54, 1.807) is 12.1 Å². The van der Waals surface area contributed by atoms with E-state index in [2.05, 4.69) is 4.72 Å². The molecule has 0 atom stereocenters. The lowest BCUT2D eigenvalue weighted by Gasteiger charge is -2.56. The fraction of sp³-hybridized carbons (Fsp3) is 0.588. The first kappa shape index (κ1) is 14.2. The maximum absolute atomic E-state index is 12.7. The van der Waals surface area contributed by atoms with Crippen molar-refractivity contribution >= 4 is 10.0 Å². The Labute approximate surface area is 131 Å². The molecule has 4 aliphatic carbocycles. The molecule has 5 heteroatoms. The number of nitriles is 1. The Balaban J connectivity index is 1.60. The number of rotatable bonds is 3.